The van der Waals surface area contributed by atoms with Crippen LogP contribution in [0.1, 0.15) is 37.7 Å². The Hall–Kier alpha value is -0.858. The van der Waals surface area contributed by atoms with Crippen LogP contribution in [-0.2, 0) is 20.4 Å². The molecule has 4 nitrogen and oxygen atoms in total. The first-order chi connectivity index (χ1) is 10.8. The predicted octanol–water partition coefficient (Wildman–Crippen LogP) is 2.88. The Balaban J connectivity index is 0.000000160. The van der Waals surface area contributed by atoms with Crippen molar-refractivity contribution in [2.45, 2.75) is 44.2 Å². The monoisotopic (exact) mass is 406 g/mol. The molecular weight excluding hydrogens is 383 g/mol. The van der Waals surface area contributed by atoms with Crippen LogP contribution in [0.2, 0.25) is 0 Å². The van der Waals surface area contributed by atoms with E-state index in [0.717, 1.165) is 30.8 Å². The van der Waals surface area contributed by atoms with Crippen LogP contribution in [-0.4, -0.2) is 30.3 Å². The molecule has 3 unspecified atom stereocenters. The smallest absolute Gasteiger partial charge is 0.871 e. The van der Waals surface area contributed by atoms with E-state index in [1.807, 2.05) is 18.2 Å². The summed E-state index contributed by atoms with van der Waals surface area (Å²) in [6, 6.07) is 5.58. The zero-order valence-corrected chi connectivity index (χ0v) is 14.7. The minimum atomic E-state index is -0.117. The van der Waals surface area contributed by atoms with E-state index in [2.05, 4.69) is 10.6 Å². The van der Waals surface area contributed by atoms with E-state index in [0.29, 0.717) is 12.0 Å². The molecule has 0 bridgehead atoms. The Morgan fingerprint density at radius 3 is 2.78 bits per heavy atom. The van der Waals surface area contributed by atoms with Crippen LogP contribution >= 0.6 is 0 Å². The largest absolute Gasteiger partial charge is 2.00 e. The standard InChI is InChI=1S/C9H16NO.C9H9NO.Pd/c2*11-8-5-1-3-7-4-2-6-10-9(7)8;/h7-9,11H,1-6H2;1-5,10-11H,6H2;/q-1;;+2/p-1. The third-order valence-corrected chi connectivity index (χ3v) is 4.78. The minimum Gasteiger partial charge on any atom is -0.871 e. The van der Waals surface area contributed by atoms with Crippen LogP contribution in [0.15, 0.2) is 24.3 Å². The molecule has 1 aromatic carbocycles. The van der Waals surface area contributed by atoms with Crippen LogP contribution in [0.5, 0.6) is 5.75 Å². The molecule has 2 N–H and O–H groups in total. The fourth-order valence-electron chi connectivity index (χ4n) is 3.65. The molecule has 0 amide bonds. The van der Waals surface area contributed by atoms with E-state index >= 15 is 0 Å². The summed E-state index contributed by atoms with van der Waals surface area (Å²) in [4.78, 5) is 0. The number of para-hydroxylation sites is 1. The summed E-state index contributed by atoms with van der Waals surface area (Å²) in [6.07, 6.45) is 9.87. The van der Waals surface area contributed by atoms with Crippen LogP contribution in [0.4, 0.5) is 5.69 Å². The number of hydrogen-bond donors (Lipinski definition) is 2. The average Bonchev–Trinajstić information content (AvgIpc) is 2.57. The van der Waals surface area contributed by atoms with Crippen LogP contribution in [0, 0.1) is 5.92 Å². The second-order valence-corrected chi connectivity index (χ2v) is 6.30. The Morgan fingerprint density at radius 2 is 2.00 bits per heavy atom. The molecule has 3 aliphatic rings. The van der Waals surface area contributed by atoms with Gasteiger partial charge in [0.05, 0.1) is 0 Å². The number of nitrogens with one attached hydrogen (secondary N) is 1. The zero-order valence-electron chi connectivity index (χ0n) is 13.2. The van der Waals surface area contributed by atoms with E-state index in [1.165, 1.54) is 25.7 Å². The van der Waals surface area contributed by atoms with Gasteiger partial charge >= 0.3 is 20.4 Å². The third kappa shape index (κ3) is 4.58. The topological polar surface area (TPSA) is 69.4 Å². The number of aliphatic hydroxyl groups excluding tert-OH is 1. The van der Waals surface area contributed by atoms with Crippen molar-refractivity contribution >= 4 is 11.8 Å². The number of hydrogen-bond acceptors (Lipinski definition) is 3. The molecule has 2 heterocycles. The summed E-state index contributed by atoms with van der Waals surface area (Å²) < 4.78 is 0. The summed E-state index contributed by atoms with van der Waals surface area (Å²) in [5, 5.41) is 28.3. The summed E-state index contributed by atoms with van der Waals surface area (Å²) in [5.74, 6) is 0.791. The van der Waals surface area contributed by atoms with Crippen LogP contribution in [0.25, 0.3) is 11.4 Å². The Kier molecular flexibility index (Phi) is 7.11. The number of benzene rings is 1. The molecule has 0 aromatic heterocycles. The van der Waals surface area contributed by atoms with Crippen molar-refractivity contribution in [2.75, 3.05) is 18.4 Å². The number of anilines is 1. The molecule has 2 fully saturated rings. The first kappa shape index (κ1) is 18.5. The molecule has 23 heavy (non-hydrogen) atoms. The van der Waals surface area contributed by atoms with Gasteiger partial charge in [0.15, 0.2) is 0 Å². The van der Waals surface area contributed by atoms with E-state index in [1.54, 1.807) is 12.1 Å². The van der Waals surface area contributed by atoms with Gasteiger partial charge in [-0.1, -0.05) is 67.7 Å². The minimum absolute atomic E-state index is 0. The first-order valence-electron chi connectivity index (χ1n) is 8.31. The molecule has 1 saturated carbocycles. The molecule has 4 rings (SSSR count). The predicted molar refractivity (Wildman–Crippen MR) is 88.0 cm³/mol. The van der Waals surface area contributed by atoms with Gasteiger partial charge in [0.1, 0.15) is 0 Å². The van der Waals surface area contributed by atoms with Crippen molar-refractivity contribution < 1.29 is 30.6 Å². The molecule has 3 atom stereocenters. The fourth-order valence-corrected chi connectivity index (χ4v) is 3.65. The second-order valence-electron chi connectivity index (χ2n) is 6.30. The quantitative estimate of drug-likeness (QED) is 0.651. The second kappa shape index (κ2) is 8.84. The van der Waals surface area contributed by atoms with Gasteiger partial charge < -0.3 is 20.8 Å². The van der Waals surface area contributed by atoms with Gasteiger partial charge in [-0.2, -0.15) is 0 Å². The van der Waals surface area contributed by atoms with Gasteiger partial charge in [0.25, 0.3) is 0 Å². The summed E-state index contributed by atoms with van der Waals surface area (Å²) >= 11 is 0. The van der Waals surface area contributed by atoms with E-state index in [4.69, 9.17) is 0 Å². The molecule has 1 saturated heterocycles. The van der Waals surface area contributed by atoms with Gasteiger partial charge in [-0.25, -0.2) is 0 Å². The van der Waals surface area contributed by atoms with Gasteiger partial charge in [0.2, 0.25) is 0 Å². The van der Waals surface area contributed by atoms with Crippen LogP contribution < -0.4 is 10.4 Å². The Labute approximate surface area is 152 Å². The maximum absolute atomic E-state index is 11.2. The molecule has 2 aliphatic heterocycles. The third-order valence-electron chi connectivity index (χ3n) is 4.78. The summed E-state index contributed by atoms with van der Waals surface area (Å²) in [6.45, 7) is 1.74. The average molecular weight is 407 g/mol. The van der Waals surface area contributed by atoms with E-state index < -0.39 is 0 Å². The number of aliphatic hydroxyl groups is 1. The molecule has 1 aliphatic carbocycles. The number of nitrogens with zero attached hydrogens (tertiary/aromatic N) is 1. The number of rotatable bonds is 0. The maximum Gasteiger partial charge on any atom is 2.00 e. The molecular formula is C18H24N2O2Pd. The Bertz CT molecular complexity index is 534. The van der Waals surface area contributed by atoms with Gasteiger partial charge in [-0.05, 0) is 12.0 Å². The normalized spacial score (nSPS) is 28.1. The van der Waals surface area contributed by atoms with Gasteiger partial charge in [-0.3, -0.25) is 0 Å². The van der Waals surface area contributed by atoms with Crippen molar-refractivity contribution in [3.8, 4) is 5.75 Å². The number of fused-ring (bicyclic) bond motifs is 2. The van der Waals surface area contributed by atoms with Gasteiger partial charge in [0, 0.05) is 18.3 Å². The summed E-state index contributed by atoms with van der Waals surface area (Å²) in [7, 11) is 0. The molecule has 5 heteroatoms. The van der Waals surface area contributed by atoms with Crippen molar-refractivity contribution in [3.63, 3.8) is 0 Å². The molecule has 128 valence electrons. The first-order valence-corrected chi connectivity index (χ1v) is 8.31. The molecule has 1 aromatic rings. The van der Waals surface area contributed by atoms with Gasteiger partial charge in [-0.15, -0.1) is 12.6 Å². The van der Waals surface area contributed by atoms with Crippen molar-refractivity contribution in [3.05, 3.63) is 35.2 Å². The van der Waals surface area contributed by atoms with Crippen LogP contribution in [0.3, 0.4) is 0 Å². The molecule has 0 spiro atoms. The summed E-state index contributed by atoms with van der Waals surface area (Å²) in [5.41, 5.74) is 1.72. The number of piperidine rings is 1. The fraction of sp³-hybridized carbons (Fsp3) is 0.556. The van der Waals surface area contributed by atoms with Crippen molar-refractivity contribution in [2.24, 2.45) is 5.92 Å². The Morgan fingerprint density at radius 1 is 1.17 bits per heavy atom. The van der Waals surface area contributed by atoms with Crippen molar-refractivity contribution in [1.82, 2.24) is 0 Å². The zero-order chi connectivity index (χ0) is 15.4. The van der Waals surface area contributed by atoms with E-state index in [-0.39, 0.29) is 32.3 Å². The maximum atomic E-state index is 11.2. The van der Waals surface area contributed by atoms with Crippen molar-refractivity contribution in [1.29, 1.82) is 0 Å². The SMILES string of the molecule is OC1CCCC2CCC[N-]C12.[O-]c1cccc2c1NCC=C2.[Pd+2]. The van der Waals surface area contributed by atoms with E-state index in [9.17, 15) is 10.2 Å². The molecule has 0 radical (unpaired) electrons.